The van der Waals surface area contributed by atoms with Crippen LogP contribution in [0.5, 0.6) is 0 Å². The Morgan fingerprint density at radius 3 is 2.76 bits per heavy atom. The van der Waals surface area contributed by atoms with Crippen LogP contribution in [0.15, 0.2) is 4.99 Å². The summed E-state index contributed by atoms with van der Waals surface area (Å²) < 4.78 is 0. The molecule has 0 aromatic rings. The van der Waals surface area contributed by atoms with Crippen LogP contribution in [0.2, 0.25) is 0 Å². The van der Waals surface area contributed by atoms with Crippen LogP contribution in [0.3, 0.4) is 0 Å². The molecule has 8 heteroatoms. The Morgan fingerprint density at radius 1 is 1.48 bits per heavy atom. The van der Waals surface area contributed by atoms with E-state index in [1.165, 1.54) is 0 Å². The second-order valence-electron chi connectivity index (χ2n) is 6.32. The Balaban J connectivity index is 1.96. The molecule has 1 atom stereocenters. The van der Waals surface area contributed by atoms with Crippen molar-refractivity contribution >= 4 is 35.4 Å². The fourth-order valence-electron chi connectivity index (χ4n) is 2.09. The van der Waals surface area contributed by atoms with Gasteiger partial charge in [-0.05, 0) is 5.41 Å². The highest BCUT2D eigenvalue weighted by atomic mass is 32.2. The number of rotatable bonds is 2. The number of nitrogens with zero attached hydrogens (tertiary/aromatic N) is 2. The molecule has 2 rings (SSSR count). The van der Waals surface area contributed by atoms with E-state index < -0.39 is 6.04 Å². The molecule has 2 aliphatic rings. The highest BCUT2D eigenvalue weighted by molar-refractivity contribution is 7.99. The van der Waals surface area contributed by atoms with Gasteiger partial charge in [0.25, 0.3) is 0 Å². The number of thioether (sulfide) groups is 1. The number of guanidine groups is 1. The molecular formula is C13H20N4O3S. The summed E-state index contributed by atoms with van der Waals surface area (Å²) >= 11 is 1.55. The third-order valence-electron chi connectivity index (χ3n) is 3.07. The minimum absolute atomic E-state index is 0.0231. The van der Waals surface area contributed by atoms with E-state index in [0.717, 1.165) is 0 Å². The van der Waals surface area contributed by atoms with Gasteiger partial charge in [-0.25, -0.2) is 4.99 Å². The Morgan fingerprint density at radius 2 is 2.19 bits per heavy atom. The van der Waals surface area contributed by atoms with Gasteiger partial charge in [0.15, 0.2) is 0 Å². The summed E-state index contributed by atoms with van der Waals surface area (Å²) in [5, 5.41) is 5.03. The molecule has 1 fully saturated rings. The molecule has 0 unspecified atom stereocenters. The van der Waals surface area contributed by atoms with Gasteiger partial charge in [0.2, 0.25) is 23.7 Å². The van der Waals surface area contributed by atoms with Crippen molar-refractivity contribution in [2.45, 2.75) is 33.2 Å². The summed E-state index contributed by atoms with van der Waals surface area (Å²) in [7, 11) is 0. The van der Waals surface area contributed by atoms with Crippen molar-refractivity contribution < 1.29 is 14.4 Å². The van der Waals surface area contributed by atoms with Crippen LogP contribution in [0.4, 0.5) is 0 Å². The normalized spacial score (nSPS) is 22.0. The smallest absolute Gasteiger partial charge is 0.250 e. The summed E-state index contributed by atoms with van der Waals surface area (Å²) in [4.78, 5) is 41.0. The lowest BCUT2D eigenvalue weighted by Crippen LogP contribution is -2.51. The van der Waals surface area contributed by atoms with Gasteiger partial charge >= 0.3 is 0 Å². The first-order valence-corrected chi connectivity index (χ1v) is 7.94. The Kier molecular flexibility index (Phi) is 4.55. The van der Waals surface area contributed by atoms with Crippen LogP contribution in [0, 0.1) is 5.41 Å². The van der Waals surface area contributed by atoms with Crippen LogP contribution in [-0.4, -0.2) is 52.8 Å². The van der Waals surface area contributed by atoms with Crippen LogP contribution in [0.1, 0.15) is 27.2 Å². The quantitative estimate of drug-likeness (QED) is 0.746. The number of nitrogens with one attached hydrogen (secondary N) is 2. The van der Waals surface area contributed by atoms with Crippen molar-refractivity contribution in [3.05, 3.63) is 0 Å². The highest BCUT2D eigenvalue weighted by Crippen LogP contribution is 2.26. The van der Waals surface area contributed by atoms with Gasteiger partial charge in [0.1, 0.15) is 12.6 Å². The molecule has 2 N–H and O–H groups in total. The minimum atomic E-state index is -0.509. The number of aliphatic imine (C=N–C) groups is 1. The summed E-state index contributed by atoms with van der Waals surface area (Å²) in [6.45, 7) is 6.01. The van der Waals surface area contributed by atoms with Crippen molar-refractivity contribution in [3.63, 3.8) is 0 Å². The zero-order chi connectivity index (χ0) is 15.6. The molecule has 7 nitrogen and oxygen atoms in total. The maximum Gasteiger partial charge on any atom is 0.250 e. The van der Waals surface area contributed by atoms with Gasteiger partial charge in [-0.15, -0.1) is 11.8 Å². The fraction of sp³-hybridized carbons (Fsp3) is 0.692. The molecule has 3 amide bonds. The average molecular weight is 312 g/mol. The van der Waals surface area contributed by atoms with Crippen molar-refractivity contribution in [1.29, 1.82) is 0 Å². The van der Waals surface area contributed by atoms with Crippen LogP contribution in [-0.2, 0) is 14.4 Å². The van der Waals surface area contributed by atoms with Crippen molar-refractivity contribution in [2.24, 2.45) is 10.4 Å². The van der Waals surface area contributed by atoms with Crippen LogP contribution in [0.25, 0.3) is 0 Å². The fourth-order valence-corrected chi connectivity index (χ4v) is 3.27. The molecule has 2 heterocycles. The lowest BCUT2D eigenvalue weighted by atomic mass is 9.91. The average Bonchev–Trinajstić information content (AvgIpc) is 2.95. The summed E-state index contributed by atoms with van der Waals surface area (Å²) in [6, 6.07) is -0.509. The van der Waals surface area contributed by atoms with Crippen molar-refractivity contribution in [3.8, 4) is 0 Å². The van der Waals surface area contributed by atoms with Gasteiger partial charge in [-0.2, -0.15) is 0 Å². The van der Waals surface area contributed by atoms with Crippen LogP contribution < -0.4 is 10.6 Å². The Bertz CT molecular complexity index is 498. The third-order valence-corrected chi connectivity index (χ3v) is 4.08. The Hall–Kier alpha value is -1.57. The summed E-state index contributed by atoms with van der Waals surface area (Å²) in [5.74, 6) is 0.680. The number of hydrogen-bond donors (Lipinski definition) is 2. The van der Waals surface area contributed by atoms with E-state index in [9.17, 15) is 14.4 Å². The zero-order valence-electron chi connectivity index (χ0n) is 12.4. The number of carbonyl (C=O) groups is 3. The molecular weight excluding hydrogens is 292 g/mol. The molecule has 116 valence electrons. The first kappa shape index (κ1) is 15.8. The first-order chi connectivity index (χ1) is 9.76. The molecule has 0 aliphatic carbocycles. The van der Waals surface area contributed by atoms with Crippen molar-refractivity contribution in [2.75, 3.05) is 18.2 Å². The minimum Gasteiger partial charge on any atom is -0.321 e. The Labute approximate surface area is 127 Å². The molecule has 2 aliphatic heterocycles. The molecule has 0 aromatic heterocycles. The van der Waals surface area contributed by atoms with E-state index in [1.807, 2.05) is 20.8 Å². The van der Waals surface area contributed by atoms with Crippen molar-refractivity contribution in [1.82, 2.24) is 15.5 Å². The molecule has 0 bridgehead atoms. The maximum absolute atomic E-state index is 12.3. The van der Waals surface area contributed by atoms with E-state index in [0.29, 0.717) is 18.1 Å². The summed E-state index contributed by atoms with van der Waals surface area (Å²) in [5.41, 5.74) is -0.116. The second-order valence-corrected chi connectivity index (χ2v) is 7.32. The van der Waals surface area contributed by atoms with Gasteiger partial charge in [-0.1, -0.05) is 20.8 Å². The standard InChI is InChI=1S/C13H20N4O3S/c1-13(2,3)4-10(19)17-7-21-6-8(17)11(20)16-12-14-5-9(18)15-12/h8H,4-7H2,1-3H3,(H2,14,15,16,18,20)/t8-/m0/s1. The molecule has 0 aromatic carbocycles. The van der Waals surface area contributed by atoms with Crippen LogP contribution >= 0.6 is 11.8 Å². The molecule has 0 spiro atoms. The summed E-state index contributed by atoms with van der Waals surface area (Å²) in [6.07, 6.45) is 0.398. The number of hydrogen-bond acceptors (Lipinski definition) is 5. The first-order valence-electron chi connectivity index (χ1n) is 6.79. The van der Waals surface area contributed by atoms with Gasteiger partial charge in [0, 0.05) is 12.2 Å². The predicted octanol–water partition coefficient (Wildman–Crippen LogP) is -0.0739. The lowest BCUT2D eigenvalue weighted by Gasteiger charge is -2.26. The SMILES string of the molecule is CC(C)(C)CC(=O)N1CSC[C@H]1C(=O)NC1=NCC(=O)N1. The monoisotopic (exact) mass is 312 g/mol. The molecule has 21 heavy (non-hydrogen) atoms. The largest absolute Gasteiger partial charge is 0.321 e. The number of amides is 3. The molecule has 1 saturated heterocycles. The van der Waals surface area contributed by atoms with E-state index in [-0.39, 0.29) is 35.6 Å². The van der Waals surface area contributed by atoms with Gasteiger partial charge in [-0.3, -0.25) is 25.0 Å². The predicted molar refractivity (Wildman–Crippen MR) is 80.6 cm³/mol. The zero-order valence-corrected chi connectivity index (χ0v) is 13.2. The lowest BCUT2D eigenvalue weighted by molar-refractivity contribution is -0.138. The third kappa shape index (κ3) is 4.20. The highest BCUT2D eigenvalue weighted by Gasteiger charge is 2.36. The second kappa shape index (κ2) is 6.05. The van der Waals surface area contributed by atoms with E-state index in [4.69, 9.17) is 0 Å². The number of carbonyl (C=O) groups excluding carboxylic acids is 3. The topological polar surface area (TPSA) is 90.9 Å². The van der Waals surface area contributed by atoms with E-state index in [2.05, 4.69) is 15.6 Å². The van der Waals surface area contributed by atoms with E-state index in [1.54, 1.807) is 16.7 Å². The van der Waals surface area contributed by atoms with Gasteiger partial charge < -0.3 is 4.90 Å². The molecule has 0 radical (unpaired) electrons. The molecule has 0 saturated carbocycles. The van der Waals surface area contributed by atoms with E-state index >= 15 is 0 Å². The maximum atomic E-state index is 12.3. The van der Waals surface area contributed by atoms with Gasteiger partial charge in [0.05, 0.1) is 5.88 Å².